The molecule has 0 amide bonds. The van der Waals surface area contributed by atoms with Crippen LogP contribution < -0.4 is 9.86 Å². The Morgan fingerprint density at radius 2 is 1.79 bits per heavy atom. The highest BCUT2D eigenvalue weighted by Crippen LogP contribution is 2.25. The maximum absolute atomic E-state index is 5.61. The Balaban J connectivity index is 1.91. The quantitative estimate of drug-likeness (QED) is 0.730. The van der Waals surface area contributed by atoms with Crippen LogP contribution in [0.2, 0.25) is 0 Å². The molecule has 2 rings (SSSR count). The summed E-state index contributed by atoms with van der Waals surface area (Å²) < 4.78 is 4.35. The van der Waals surface area contributed by atoms with Crippen LogP contribution in [0, 0.1) is 0 Å². The van der Waals surface area contributed by atoms with E-state index in [4.69, 9.17) is 5.14 Å². The number of halogens is 1. The molecule has 2 nitrogen and oxygen atoms in total. The van der Waals surface area contributed by atoms with Gasteiger partial charge in [-0.1, -0.05) is 40.2 Å². The largest absolute Gasteiger partial charge is 0.325 e. The molecule has 0 saturated heterocycles. The van der Waals surface area contributed by atoms with E-state index in [1.54, 1.807) is 0 Å². The van der Waals surface area contributed by atoms with Gasteiger partial charge in [-0.05, 0) is 65.2 Å². The summed E-state index contributed by atoms with van der Waals surface area (Å²) in [7, 11) is 0. The minimum Gasteiger partial charge on any atom is -0.325 e. The van der Waals surface area contributed by atoms with Crippen molar-refractivity contribution in [3.8, 4) is 0 Å². The van der Waals surface area contributed by atoms with Gasteiger partial charge in [-0.2, -0.15) is 0 Å². The molecule has 2 aromatic rings. The van der Waals surface area contributed by atoms with Crippen LogP contribution in [0.5, 0.6) is 0 Å². The van der Waals surface area contributed by atoms with Gasteiger partial charge in [0.05, 0.1) is 5.69 Å². The highest BCUT2D eigenvalue weighted by molar-refractivity contribution is 9.10. The van der Waals surface area contributed by atoms with Gasteiger partial charge in [-0.3, -0.25) is 5.14 Å². The fourth-order valence-electron chi connectivity index (χ4n) is 1.44. The van der Waals surface area contributed by atoms with Crippen LogP contribution >= 0.6 is 39.8 Å². The van der Waals surface area contributed by atoms with Crippen LogP contribution in [0.3, 0.4) is 0 Å². The predicted molar refractivity (Wildman–Crippen MR) is 90.9 cm³/mol. The van der Waals surface area contributed by atoms with Crippen molar-refractivity contribution in [3.05, 3.63) is 64.0 Å². The number of benzene rings is 2. The van der Waals surface area contributed by atoms with Gasteiger partial charge in [0.25, 0.3) is 0 Å². The fourth-order valence-corrected chi connectivity index (χ4v) is 2.77. The zero-order valence-corrected chi connectivity index (χ0v) is 13.3. The molecule has 0 unspecified atom stereocenters. The lowest BCUT2D eigenvalue weighted by Gasteiger charge is -2.06. The lowest BCUT2D eigenvalue weighted by atomic mass is 10.2. The second-order valence-electron chi connectivity index (χ2n) is 3.69. The van der Waals surface area contributed by atoms with Gasteiger partial charge in [0.2, 0.25) is 0 Å². The first-order chi connectivity index (χ1) is 9.29. The topological polar surface area (TPSA) is 38.0 Å². The Morgan fingerprint density at radius 1 is 1.05 bits per heavy atom. The third kappa shape index (κ3) is 4.62. The number of hydrogen-bond acceptors (Lipinski definition) is 4. The molecule has 0 fully saturated rings. The molecule has 2 aromatic carbocycles. The van der Waals surface area contributed by atoms with Crippen LogP contribution in [-0.2, 0) is 0 Å². The van der Waals surface area contributed by atoms with E-state index >= 15 is 0 Å². The molecule has 0 aliphatic carbocycles. The normalized spacial score (nSPS) is 10.8. The Labute approximate surface area is 130 Å². The van der Waals surface area contributed by atoms with E-state index in [1.165, 1.54) is 29.5 Å². The SMILES string of the molecule is NSc1ccccc1NS/C=C/c1ccc(Br)cc1. The van der Waals surface area contributed by atoms with Gasteiger partial charge in [0.1, 0.15) is 0 Å². The zero-order chi connectivity index (χ0) is 13.5. The second kappa shape index (κ2) is 7.65. The van der Waals surface area contributed by atoms with Gasteiger partial charge in [-0.15, -0.1) is 0 Å². The molecular weight excluding hydrogens is 340 g/mol. The average molecular weight is 353 g/mol. The van der Waals surface area contributed by atoms with Crippen molar-refractivity contribution in [2.45, 2.75) is 4.90 Å². The Hall–Kier alpha value is -0.880. The van der Waals surface area contributed by atoms with Gasteiger partial charge in [0, 0.05) is 9.37 Å². The summed E-state index contributed by atoms with van der Waals surface area (Å²) in [5.74, 6) is 0. The lowest BCUT2D eigenvalue weighted by molar-refractivity contribution is 1.46. The number of hydrogen-bond donors (Lipinski definition) is 2. The van der Waals surface area contributed by atoms with Crippen LogP contribution in [0.15, 0.2) is 63.3 Å². The highest BCUT2D eigenvalue weighted by atomic mass is 79.9. The minimum atomic E-state index is 1.03. The van der Waals surface area contributed by atoms with Crippen molar-refractivity contribution in [3.63, 3.8) is 0 Å². The molecular formula is C14H13BrN2S2. The highest BCUT2D eigenvalue weighted by Gasteiger charge is 1.98. The molecule has 0 saturated carbocycles. The number of anilines is 1. The first kappa shape index (κ1) is 14.5. The first-order valence-corrected chi connectivity index (χ1v) is 8.14. The van der Waals surface area contributed by atoms with Gasteiger partial charge < -0.3 is 4.72 Å². The third-order valence-electron chi connectivity index (χ3n) is 2.38. The lowest BCUT2D eigenvalue weighted by Crippen LogP contribution is -1.89. The Morgan fingerprint density at radius 3 is 2.53 bits per heavy atom. The minimum absolute atomic E-state index is 1.03. The molecule has 0 aliphatic rings. The molecule has 0 spiro atoms. The molecule has 98 valence electrons. The first-order valence-electron chi connectivity index (χ1n) is 5.59. The van der Waals surface area contributed by atoms with Crippen LogP contribution in [0.1, 0.15) is 5.56 Å². The Kier molecular flexibility index (Phi) is 5.85. The maximum Gasteiger partial charge on any atom is 0.0593 e. The number of rotatable bonds is 5. The molecule has 5 heteroatoms. The molecule has 0 aliphatic heterocycles. The van der Waals surface area contributed by atoms with Crippen molar-refractivity contribution >= 4 is 51.6 Å². The summed E-state index contributed by atoms with van der Waals surface area (Å²) in [5.41, 5.74) is 2.19. The third-order valence-corrected chi connectivity index (χ3v) is 4.13. The zero-order valence-electron chi connectivity index (χ0n) is 10.0. The number of nitrogens with two attached hydrogens (primary N) is 1. The molecule has 0 heterocycles. The summed E-state index contributed by atoms with van der Waals surface area (Å²) in [5, 5.41) is 7.62. The average Bonchev–Trinajstić information content (AvgIpc) is 2.46. The summed E-state index contributed by atoms with van der Waals surface area (Å²) in [6, 6.07) is 16.1. The van der Waals surface area contributed by atoms with E-state index in [2.05, 4.69) is 38.9 Å². The van der Waals surface area contributed by atoms with Gasteiger partial charge in [0.15, 0.2) is 0 Å². The summed E-state index contributed by atoms with van der Waals surface area (Å²) in [4.78, 5) is 1.03. The summed E-state index contributed by atoms with van der Waals surface area (Å²) in [6.07, 6.45) is 2.06. The van der Waals surface area contributed by atoms with Crippen LogP contribution in [0.25, 0.3) is 6.08 Å². The van der Waals surface area contributed by atoms with E-state index in [-0.39, 0.29) is 0 Å². The summed E-state index contributed by atoms with van der Waals surface area (Å²) in [6.45, 7) is 0. The number of nitrogens with one attached hydrogen (secondary N) is 1. The summed E-state index contributed by atoms with van der Waals surface area (Å²) >= 11 is 6.19. The van der Waals surface area contributed by atoms with Gasteiger partial charge in [-0.25, -0.2) is 0 Å². The van der Waals surface area contributed by atoms with E-state index in [9.17, 15) is 0 Å². The van der Waals surface area contributed by atoms with E-state index < -0.39 is 0 Å². The second-order valence-corrected chi connectivity index (χ2v) is 5.99. The maximum atomic E-state index is 5.61. The predicted octanol–water partition coefficient (Wildman–Crippen LogP) is 5.15. The van der Waals surface area contributed by atoms with E-state index in [0.717, 1.165) is 15.1 Å². The standard InChI is InChI=1S/C14H13BrN2S2/c15-12-7-5-11(6-8-12)9-10-18-17-13-3-1-2-4-14(13)19-16/h1-10,17H,16H2/b10-9+. The Bertz CT molecular complexity index is 556. The van der Waals surface area contributed by atoms with Crippen molar-refractivity contribution < 1.29 is 0 Å². The van der Waals surface area contributed by atoms with Crippen LogP contribution in [-0.4, -0.2) is 0 Å². The van der Waals surface area contributed by atoms with E-state index in [1.807, 2.05) is 41.8 Å². The van der Waals surface area contributed by atoms with Crippen LogP contribution in [0.4, 0.5) is 5.69 Å². The monoisotopic (exact) mass is 352 g/mol. The molecule has 0 aromatic heterocycles. The van der Waals surface area contributed by atoms with Crippen molar-refractivity contribution in [2.75, 3.05) is 4.72 Å². The molecule has 0 radical (unpaired) electrons. The van der Waals surface area contributed by atoms with Crippen molar-refractivity contribution in [1.29, 1.82) is 0 Å². The van der Waals surface area contributed by atoms with Crippen molar-refractivity contribution in [1.82, 2.24) is 0 Å². The molecule has 0 bridgehead atoms. The smallest absolute Gasteiger partial charge is 0.0593 e. The molecule has 19 heavy (non-hydrogen) atoms. The fraction of sp³-hybridized carbons (Fsp3) is 0. The molecule has 0 atom stereocenters. The number of para-hydroxylation sites is 1. The van der Waals surface area contributed by atoms with Gasteiger partial charge >= 0.3 is 0 Å². The van der Waals surface area contributed by atoms with E-state index in [0.29, 0.717) is 0 Å². The van der Waals surface area contributed by atoms with Crippen molar-refractivity contribution in [2.24, 2.45) is 5.14 Å². The molecule has 3 N–H and O–H groups in total.